The van der Waals surface area contributed by atoms with Gasteiger partial charge in [0.15, 0.2) is 0 Å². The summed E-state index contributed by atoms with van der Waals surface area (Å²) in [5.41, 5.74) is 1.14. The van der Waals surface area contributed by atoms with Gasteiger partial charge in [-0.3, -0.25) is 4.79 Å². The van der Waals surface area contributed by atoms with E-state index in [2.05, 4.69) is 0 Å². The van der Waals surface area contributed by atoms with Crippen molar-refractivity contribution in [3.05, 3.63) is 51.5 Å². The quantitative estimate of drug-likeness (QED) is 0.780. The van der Waals surface area contributed by atoms with Crippen LogP contribution in [-0.4, -0.2) is 12.9 Å². The average molecular weight is 250 g/mol. The molecule has 0 saturated carbocycles. The zero-order valence-corrected chi connectivity index (χ0v) is 10.3. The molecule has 0 fully saturated rings. The first kappa shape index (κ1) is 11.8. The number of ether oxygens (including phenoxy) is 1. The number of methoxy groups -OCH3 is 1. The van der Waals surface area contributed by atoms with Crippen LogP contribution in [0.3, 0.4) is 0 Å². The van der Waals surface area contributed by atoms with Crippen molar-refractivity contribution >= 4 is 17.1 Å². The second-order valence-electron chi connectivity index (χ2n) is 3.61. The molecule has 0 atom stereocenters. The third-order valence-electron chi connectivity index (χ3n) is 2.49. The van der Waals surface area contributed by atoms with Crippen LogP contribution in [0.2, 0.25) is 0 Å². The van der Waals surface area contributed by atoms with E-state index in [1.54, 1.807) is 18.4 Å². The molecule has 88 valence electrons. The van der Waals surface area contributed by atoms with Crippen LogP contribution in [0.4, 0.5) is 4.39 Å². The lowest BCUT2D eigenvalue weighted by Gasteiger charge is -2.05. The highest BCUT2D eigenvalue weighted by Crippen LogP contribution is 2.28. The summed E-state index contributed by atoms with van der Waals surface area (Å²) in [5.74, 6) is 0.0928. The largest absolute Gasteiger partial charge is 0.495 e. The van der Waals surface area contributed by atoms with Gasteiger partial charge in [0.1, 0.15) is 16.4 Å². The smallest absolute Gasteiger partial charge is 0.206 e. The van der Waals surface area contributed by atoms with Crippen LogP contribution in [0.15, 0.2) is 29.6 Å². The molecular weight excluding hydrogens is 239 g/mol. The first-order valence-electron chi connectivity index (χ1n) is 5.06. The Labute approximate surface area is 103 Å². The van der Waals surface area contributed by atoms with Gasteiger partial charge in [-0.1, -0.05) is 0 Å². The van der Waals surface area contributed by atoms with E-state index in [0.29, 0.717) is 21.8 Å². The molecule has 0 aliphatic rings. The van der Waals surface area contributed by atoms with Gasteiger partial charge in [-0.25, -0.2) is 4.39 Å². The molecule has 0 bridgehead atoms. The first-order valence-corrected chi connectivity index (χ1v) is 5.94. The first-order chi connectivity index (χ1) is 8.13. The predicted octanol–water partition coefficient (Wildman–Crippen LogP) is 3.44. The number of carbonyl (C=O) groups is 1. The lowest BCUT2D eigenvalue weighted by molar-refractivity contribution is 0.103. The number of halogens is 1. The van der Waals surface area contributed by atoms with Crippen molar-refractivity contribution in [3.63, 3.8) is 0 Å². The van der Waals surface area contributed by atoms with Crippen molar-refractivity contribution in [3.8, 4) is 5.75 Å². The normalized spacial score (nSPS) is 10.3. The van der Waals surface area contributed by atoms with Crippen molar-refractivity contribution in [2.45, 2.75) is 6.92 Å². The lowest BCUT2D eigenvalue weighted by atomic mass is 10.0. The van der Waals surface area contributed by atoms with Crippen LogP contribution in [-0.2, 0) is 0 Å². The predicted molar refractivity (Wildman–Crippen MR) is 65.4 cm³/mol. The van der Waals surface area contributed by atoms with Gasteiger partial charge in [-0.05, 0) is 42.1 Å². The second-order valence-corrected chi connectivity index (χ2v) is 4.52. The van der Waals surface area contributed by atoms with E-state index in [-0.39, 0.29) is 11.6 Å². The molecule has 0 spiro atoms. The minimum atomic E-state index is -0.336. The Morgan fingerprint density at radius 3 is 2.76 bits per heavy atom. The van der Waals surface area contributed by atoms with E-state index < -0.39 is 0 Å². The molecule has 2 nitrogen and oxygen atoms in total. The fraction of sp³-hybridized carbons (Fsp3) is 0.154. The van der Waals surface area contributed by atoms with Crippen LogP contribution in [0.25, 0.3) is 0 Å². The Hall–Kier alpha value is -1.68. The molecule has 1 aromatic heterocycles. The summed E-state index contributed by atoms with van der Waals surface area (Å²) < 4.78 is 18.1. The Bertz CT molecular complexity index is 560. The molecule has 1 heterocycles. The maximum absolute atomic E-state index is 13.0. The molecule has 0 saturated heterocycles. The number of hydrogen-bond acceptors (Lipinski definition) is 3. The van der Waals surface area contributed by atoms with Gasteiger partial charge in [0.05, 0.1) is 7.11 Å². The Morgan fingerprint density at radius 1 is 1.35 bits per heavy atom. The van der Waals surface area contributed by atoms with Gasteiger partial charge in [-0.15, -0.1) is 11.3 Å². The number of rotatable bonds is 3. The number of benzene rings is 1. The highest BCUT2D eigenvalue weighted by Gasteiger charge is 2.17. The van der Waals surface area contributed by atoms with E-state index >= 15 is 0 Å². The third-order valence-corrected chi connectivity index (χ3v) is 3.38. The van der Waals surface area contributed by atoms with E-state index in [4.69, 9.17) is 4.74 Å². The summed E-state index contributed by atoms with van der Waals surface area (Å²) in [6.45, 7) is 1.72. The molecule has 2 aromatic rings. The summed E-state index contributed by atoms with van der Waals surface area (Å²) in [6.07, 6.45) is 0. The summed E-state index contributed by atoms with van der Waals surface area (Å²) in [7, 11) is 1.52. The SMILES string of the molecule is COc1ccsc1C(=O)c1ccc(F)cc1C. The zero-order valence-electron chi connectivity index (χ0n) is 9.49. The molecule has 17 heavy (non-hydrogen) atoms. The minimum Gasteiger partial charge on any atom is -0.495 e. The number of carbonyl (C=O) groups excluding carboxylic acids is 1. The van der Waals surface area contributed by atoms with Crippen LogP contribution in [0.5, 0.6) is 5.75 Å². The molecule has 0 amide bonds. The lowest BCUT2D eigenvalue weighted by Crippen LogP contribution is -2.03. The van der Waals surface area contributed by atoms with Crippen molar-refractivity contribution in [2.75, 3.05) is 7.11 Å². The van der Waals surface area contributed by atoms with Gasteiger partial charge < -0.3 is 4.74 Å². The van der Waals surface area contributed by atoms with Crippen LogP contribution >= 0.6 is 11.3 Å². The van der Waals surface area contributed by atoms with E-state index in [0.717, 1.165) is 0 Å². The number of thiophene rings is 1. The highest BCUT2D eigenvalue weighted by molar-refractivity contribution is 7.12. The van der Waals surface area contributed by atoms with Crippen LogP contribution in [0.1, 0.15) is 20.8 Å². The molecule has 0 aliphatic heterocycles. The van der Waals surface area contributed by atoms with Gasteiger partial charge in [0.25, 0.3) is 0 Å². The molecule has 4 heteroatoms. The Kier molecular flexibility index (Phi) is 3.24. The monoisotopic (exact) mass is 250 g/mol. The molecule has 1 aromatic carbocycles. The minimum absolute atomic E-state index is 0.130. The summed E-state index contributed by atoms with van der Waals surface area (Å²) in [6, 6.07) is 5.90. The van der Waals surface area contributed by atoms with Gasteiger partial charge >= 0.3 is 0 Å². The van der Waals surface area contributed by atoms with Crippen LogP contribution < -0.4 is 4.74 Å². The topological polar surface area (TPSA) is 26.3 Å². The second kappa shape index (κ2) is 4.67. The maximum Gasteiger partial charge on any atom is 0.206 e. The van der Waals surface area contributed by atoms with Gasteiger partial charge in [0.2, 0.25) is 5.78 Å². The van der Waals surface area contributed by atoms with E-state index in [1.165, 1.54) is 36.6 Å². The fourth-order valence-electron chi connectivity index (χ4n) is 1.63. The van der Waals surface area contributed by atoms with Crippen molar-refractivity contribution in [1.29, 1.82) is 0 Å². The molecule has 0 unspecified atom stereocenters. The standard InChI is InChI=1S/C13H11FO2S/c1-8-7-9(14)3-4-10(8)12(15)13-11(16-2)5-6-17-13/h3-7H,1-2H3. The fourth-order valence-corrected chi connectivity index (χ4v) is 2.44. The van der Waals surface area contributed by atoms with E-state index in [1.807, 2.05) is 0 Å². The average Bonchev–Trinajstić information content (AvgIpc) is 2.76. The summed E-state index contributed by atoms with van der Waals surface area (Å²) in [4.78, 5) is 12.8. The summed E-state index contributed by atoms with van der Waals surface area (Å²) in [5, 5.41) is 1.80. The van der Waals surface area contributed by atoms with Crippen molar-refractivity contribution < 1.29 is 13.9 Å². The molecule has 2 rings (SSSR count). The van der Waals surface area contributed by atoms with Crippen molar-refractivity contribution in [1.82, 2.24) is 0 Å². The van der Waals surface area contributed by atoms with Crippen LogP contribution in [0, 0.1) is 12.7 Å². The number of aryl methyl sites for hydroxylation is 1. The molecule has 0 radical (unpaired) electrons. The number of hydrogen-bond donors (Lipinski definition) is 0. The van der Waals surface area contributed by atoms with Gasteiger partial charge in [-0.2, -0.15) is 0 Å². The highest BCUT2D eigenvalue weighted by atomic mass is 32.1. The summed E-state index contributed by atoms with van der Waals surface area (Å²) >= 11 is 1.32. The zero-order chi connectivity index (χ0) is 12.4. The van der Waals surface area contributed by atoms with E-state index in [9.17, 15) is 9.18 Å². The maximum atomic E-state index is 13.0. The molecule has 0 N–H and O–H groups in total. The molecule has 0 aliphatic carbocycles. The number of ketones is 1. The van der Waals surface area contributed by atoms with Gasteiger partial charge in [0, 0.05) is 5.56 Å². The Morgan fingerprint density at radius 2 is 2.12 bits per heavy atom. The van der Waals surface area contributed by atoms with Crippen molar-refractivity contribution in [2.24, 2.45) is 0 Å². The third kappa shape index (κ3) is 2.22. The molecular formula is C13H11FO2S. The Balaban J connectivity index is 2.44.